The highest BCUT2D eigenvalue weighted by molar-refractivity contribution is 7.92. The Morgan fingerprint density at radius 3 is 2.29 bits per heavy atom. The molecule has 0 bridgehead atoms. The summed E-state index contributed by atoms with van der Waals surface area (Å²) in [4.78, 5) is 12.8. The number of carbonyl (C=O) groups excluding carboxylic acids is 1. The summed E-state index contributed by atoms with van der Waals surface area (Å²) in [5.41, 5.74) is 1.81. The number of amides is 1. The van der Waals surface area contributed by atoms with Crippen LogP contribution >= 0.6 is 22.9 Å². The zero-order chi connectivity index (χ0) is 24.3. The number of sulfonamides is 1. The van der Waals surface area contributed by atoms with Crippen LogP contribution in [0.5, 0.6) is 0 Å². The minimum absolute atomic E-state index is 0.0103. The topological polar surface area (TPSA) is 92.3 Å². The number of hydrogen-bond acceptors (Lipinski definition) is 6. The van der Waals surface area contributed by atoms with Crippen molar-refractivity contribution in [3.8, 4) is 10.6 Å². The molecule has 34 heavy (non-hydrogen) atoms. The average molecular weight is 517 g/mol. The predicted octanol–water partition coefficient (Wildman–Crippen LogP) is 5.14. The van der Waals surface area contributed by atoms with Crippen LogP contribution in [0.3, 0.4) is 0 Å². The monoisotopic (exact) mass is 516 g/mol. The summed E-state index contributed by atoms with van der Waals surface area (Å²) in [6, 6.07) is 18.1. The van der Waals surface area contributed by atoms with Crippen LogP contribution in [-0.2, 0) is 14.8 Å². The Kier molecular flexibility index (Phi) is 6.92. The molecule has 0 radical (unpaired) electrons. The van der Waals surface area contributed by atoms with E-state index in [-0.39, 0.29) is 15.7 Å². The van der Waals surface area contributed by atoms with Crippen LogP contribution in [0.4, 0.5) is 15.2 Å². The summed E-state index contributed by atoms with van der Waals surface area (Å²) in [5.74, 6) is -1.15. The van der Waals surface area contributed by atoms with E-state index < -0.39 is 28.3 Å². The molecule has 1 amide bonds. The van der Waals surface area contributed by atoms with Crippen molar-refractivity contribution in [1.82, 2.24) is 10.2 Å². The fraction of sp³-hybridized carbons (Fsp3) is 0.0870. The maximum Gasteiger partial charge on any atom is 0.264 e. The number of carbonyl (C=O) groups is 1. The molecule has 1 heterocycles. The highest BCUT2D eigenvalue weighted by Gasteiger charge is 2.27. The van der Waals surface area contributed by atoms with Crippen LogP contribution in [-0.4, -0.2) is 31.1 Å². The summed E-state index contributed by atoms with van der Waals surface area (Å²) in [7, 11) is -4.11. The lowest BCUT2D eigenvalue weighted by atomic mass is 10.2. The summed E-state index contributed by atoms with van der Waals surface area (Å²) in [6.45, 7) is 1.29. The first-order valence-corrected chi connectivity index (χ1v) is 12.6. The molecule has 0 unspecified atom stereocenters. The van der Waals surface area contributed by atoms with Crippen molar-refractivity contribution in [3.05, 3.63) is 89.2 Å². The standard InChI is InChI=1S/C23H18ClFN4O3S2/c1-15-2-12-20(13-3-15)34(31,32)29(19-10-8-18(25)9-11-19)14-21(30)26-23-28-27-22(33-23)16-4-6-17(24)7-5-16/h2-13H,14H2,1H3,(H,26,28,30). The van der Waals surface area contributed by atoms with Crippen molar-refractivity contribution in [2.24, 2.45) is 0 Å². The van der Waals surface area contributed by atoms with Gasteiger partial charge >= 0.3 is 0 Å². The number of anilines is 2. The van der Waals surface area contributed by atoms with Gasteiger partial charge in [-0.1, -0.05) is 52.8 Å². The van der Waals surface area contributed by atoms with Gasteiger partial charge in [0.25, 0.3) is 10.0 Å². The molecule has 0 saturated heterocycles. The SMILES string of the molecule is Cc1ccc(S(=O)(=O)N(CC(=O)Nc2nnc(-c3ccc(Cl)cc3)s2)c2ccc(F)cc2)cc1. The van der Waals surface area contributed by atoms with E-state index in [0.717, 1.165) is 38.9 Å². The molecule has 4 aromatic rings. The first-order valence-electron chi connectivity index (χ1n) is 9.97. The van der Waals surface area contributed by atoms with Crippen molar-refractivity contribution in [2.45, 2.75) is 11.8 Å². The van der Waals surface area contributed by atoms with Gasteiger partial charge in [-0.15, -0.1) is 10.2 Å². The Balaban J connectivity index is 1.58. The third-order valence-electron chi connectivity index (χ3n) is 4.77. The number of nitrogens with one attached hydrogen (secondary N) is 1. The number of rotatable bonds is 7. The minimum atomic E-state index is -4.11. The van der Waals surface area contributed by atoms with E-state index in [1.165, 1.54) is 24.3 Å². The highest BCUT2D eigenvalue weighted by atomic mass is 35.5. The molecule has 0 aliphatic rings. The van der Waals surface area contributed by atoms with E-state index in [9.17, 15) is 17.6 Å². The average Bonchev–Trinajstić information content (AvgIpc) is 3.27. The van der Waals surface area contributed by atoms with E-state index in [4.69, 9.17) is 11.6 Å². The molecule has 1 aromatic heterocycles. The van der Waals surface area contributed by atoms with Crippen molar-refractivity contribution in [2.75, 3.05) is 16.2 Å². The molecule has 0 atom stereocenters. The van der Waals surface area contributed by atoms with Gasteiger partial charge < -0.3 is 0 Å². The number of hydrogen-bond donors (Lipinski definition) is 1. The molecule has 11 heteroatoms. The summed E-state index contributed by atoms with van der Waals surface area (Å²) >= 11 is 7.04. The molecular formula is C23H18ClFN4O3S2. The van der Waals surface area contributed by atoms with E-state index in [2.05, 4.69) is 15.5 Å². The van der Waals surface area contributed by atoms with Gasteiger partial charge in [-0.3, -0.25) is 14.4 Å². The number of halogens is 2. The number of aryl methyl sites for hydroxylation is 1. The molecule has 1 N–H and O–H groups in total. The van der Waals surface area contributed by atoms with Gasteiger partial charge in [0.2, 0.25) is 11.0 Å². The zero-order valence-corrected chi connectivity index (χ0v) is 20.2. The first-order chi connectivity index (χ1) is 16.2. The van der Waals surface area contributed by atoms with Crippen molar-refractivity contribution >= 4 is 49.7 Å². The van der Waals surface area contributed by atoms with Crippen LogP contribution in [0.15, 0.2) is 77.7 Å². The molecule has 3 aromatic carbocycles. The minimum Gasteiger partial charge on any atom is -0.299 e. The third-order valence-corrected chi connectivity index (χ3v) is 7.70. The lowest BCUT2D eigenvalue weighted by molar-refractivity contribution is -0.114. The van der Waals surface area contributed by atoms with Crippen LogP contribution in [0, 0.1) is 12.7 Å². The molecule has 0 fully saturated rings. The zero-order valence-electron chi connectivity index (χ0n) is 17.8. The second kappa shape index (κ2) is 9.88. The second-order valence-electron chi connectivity index (χ2n) is 7.27. The Morgan fingerprint density at radius 2 is 1.65 bits per heavy atom. The Bertz CT molecular complexity index is 1410. The van der Waals surface area contributed by atoms with E-state index in [1.54, 1.807) is 36.4 Å². The second-order valence-corrected chi connectivity index (χ2v) is 10.5. The van der Waals surface area contributed by atoms with Crippen LogP contribution in [0.2, 0.25) is 5.02 Å². The summed E-state index contributed by atoms with van der Waals surface area (Å²) < 4.78 is 41.1. The third kappa shape index (κ3) is 5.41. The van der Waals surface area contributed by atoms with Gasteiger partial charge in [-0.25, -0.2) is 12.8 Å². The maximum atomic E-state index is 13.5. The largest absolute Gasteiger partial charge is 0.299 e. The molecule has 4 rings (SSSR count). The van der Waals surface area contributed by atoms with Crippen LogP contribution < -0.4 is 9.62 Å². The van der Waals surface area contributed by atoms with Gasteiger partial charge in [-0.2, -0.15) is 0 Å². The molecular weight excluding hydrogens is 499 g/mol. The van der Waals surface area contributed by atoms with Crippen LogP contribution in [0.25, 0.3) is 10.6 Å². The molecule has 0 saturated carbocycles. The van der Waals surface area contributed by atoms with Gasteiger partial charge in [0, 0.05) is 10.6 Å². The molecule has 0 aliphatic carbocycles. The van der Waals surface area contributed by atoms with E-state index in [0.29, 0.717) is 10.0 Å². The predicted molar refractivity (Wildman–Crippen MR) is 131 cm³/mol. The number of nitrogens with zero attached hydrogens (tertiary/aromatic N) is 3. The van der Waals surface area contributed by atoms with Crippen LogP contribution in [0.1, 0.15) is 5.56 Å². The molecule has 0 spiro atoms. The number of aromatic nitrogens is 2. The summed E-state index contributed by atoms with van der Waals surface area (Å²) in [6.07, 6.45) is 0. The van der Waals surface area contributed by atoms with Crippen molar-refractivity contribution in [1.29, 1.82) is 0 Å². The fourth-order valence-electron chi connectivity index (χ4n) is 3.03. The van der Waals surface area contributed by atoms with Gasteiger partial charge in [-0.05, 0) is 55.5 Å². The molecule has 174 valence electrons. The Hall–Kier alpha value is -3.34. The first kappa shape index (κ1) is 23.8. The molecule has 7 nitrogen and oxygen atoms in total. The maximum absolute atomic E-state index is 13.5. The van der Waals surface area contributed by atoms with Gasteiger partial charge in [0.15, 0.2) is 0 Å². The quantitative estimate of drug-likeness (QED) is 0.367. The lowest BCUT2D eigenvalue weighted by Crippen LogP contribution is -2.38. The number of benzene rings is 3. The Morgan fingerprint density at radius 1 is 1.00 bits per heavy atom. The van der Waals surface area contributed by atoms with Gasteiger partial charge in [0.1, 0.15) is 17.4 Å². The normalized spacial score (nSPS) is 11.3. The Labute approximate surface area is 204 Å². The highest BCUT2D eigenvalue weighted by Crippen LogP contribution is 2.28. The van der Waals surface area contributed by atoms with E-state index in [1.807, 2.05) is 6.92 Å². The lowest BCUT2D eigenvalue weighted by Gasteiger charge is -2.24. The summed E-state index contributed by atoms with van der Waals surface area (Å²) in [5, 5.41) is 12.0. The molecule has 0 aliphatic heterocycles. The fourth-order valence-corrected chi connectivity index (χ4v) is 5.34. The van der Waals surface area contributed by atoms with Crippen molar-refractivity contribution < 1.29 is 17.6 Å². The smallest absolute Gasteiger partial charge is 0.264 e. The van der Waals surface area contributed by atoms with E-state index >= 15 is 0 Å². The van der Waals surface area contributed by atoms with Gasteiger partial charge in [0.05, 0.1) is 10.6 Å². The van der Waals surface area contributed by atoms with Crippen molar-refractivity contribution in [3.63, 3.8) is 0 Å².